The van der Waals surface area contributed by atoms with Crippen LogP contribution in [0.3, 0.4) is 0 Å². The first-order chi connectivity index (χ1) is 16.0. The van der Waals surface area contributed by atoms with E-state index in [4.69, 9.17) is 5.11 Å². The maximum absolute atomic E-state index is 10.6. The number of benzene rings is 4. The second kappa shape index (κ2) is 12.4. The Morgan fingerprint density at radius 2 is 1.15 bits per heavy atom. The first-order valence-corrected chi connectivity index (χ1v) is 11.2. The van der Waals surface area contributed by atoms with Gasteiger partial charge in [-0.15, -0.1) is 0 Å². The minimum atomic E-state index is -1.04. The number of hydrogen-bond donors (Lipinski definition) is 2. The van der Waals surface area contributed by atoms with Crippen molar-refractivity contribution in [1.29, 1.82) is 0 Å². The van der Waals surface area contributed by atoms with Gasteiger partial charge in [0.1, 0.15) is 0 Å². The van der Waals surface area contributed by atoms with E-state index < -0.39 is 11.9 Å². The summed E-state index contributed by atoms with van der Waals surface area (Å²) in [6.07, 6.45) is 2.95. The van der Waals surface area contributed by atoms with Crippen molar-refractivity contribution >= 4 is 33.5 Å². The summed E-state index contributed by atoms with van der Waals surface area (Å²) in [6, 6.07) is 26.9. The Labute approximate surface area is 193 Å². The van der Waals surface area contributed by atoms with Gasteiger partial charge in [-0.3, -0.25) is 4.79 Å². The van der Waals surface area contributed by atoms with Crippen LogP contribution in [0.4, 0.5) is 0 Å². The lowest BCUT2D eigenvalue weighted by Crippen LogP contribution is -2.80. The van der Waals surface area contributed by atoms with Crippen LogP contribution in [0.1, 0.15) is 24.0 Å². The van der Waals surface area contributed by atoms with E-state index in [2.05, 4.69) is 5.32 Å². The first-order valence-electron chi connectivity index (χ1n) is 11.2. The molecule has 0 saturated carbocycles. The Hall–Kier alpha value is -3.70. The van der Waals surface area contributed by atoms with Crippen LogP contribution in [0.15, 0.2) is 84.9 Å². The van der Waals surface area contributed by atoms with Crippen LogP contribution in [0.5, 0.6) is 0 Å². The van der Waals surface area contributed by atoms with Crippen molar-refractivity contribution in [3.8, 4) is 0 Å². The van der Waals surface area contributed by atoms with Crippen LogP contribution in [0.25, 0.3) is 21.5 Å². The second-order valence-electron chi connectivity index (χ2n) is 7.97. The third-order valence-corrected chi connectivity index (χ3v) is 5.50. The molecule has 0 spiro atoms. The molecule has 0 unspecified atom stereocenters. The lowest BCUT2D eigenvalue weighted by molar-refractivity contribution is -0.635. The zero-order valence-electron chi connectivity index (χ0n) is 18.6. The van der Waals surface area contributed by atoms with E-state index in [-0.39, 0.29) is 12.8 Å². The van der Waals surface area contributed by atoms with Crippen LogP contribution in [0.2, 0.25) is 0 Å². The highest BCUT2D eigenvalue weighted by Gasteiger charge is 2.04. The van der Waals surface area contributed by atoms with Gasteiger partial charge in [-0.1, -0.05) is 84.9 Å². The highest BCUT2D eigenvalue weighted by atomic mass is 16.4. The number of carbonyl (C=O) groups is 2. The molecule has 170 valence electrons. The van der Waals surface area contributed by atoms with Crippen LogP contribution in [-0.4, -0.2) is 30.1 Å². The van der Waals surface area contributed by atoms with Crippen molar-refractivity contribution in [2.75, 3.05) is 13.1 Å². The SMILES string of the molecule is C1CC[NH2+]C1.O=C(O)Cc1cccc2ccccc12.O=C([O-])Cc1cccc2ccccc12. The number of quaternary nitrogens is 1. The molecule has 0 radical (unpaired) electrons. The molecular weight excluding hydrogens is 414 g/mol. The highest BCUT2D eigenvalue weighted by molar-refractivity contribution is 5.89. The summed E-state index contributed by atoms with van der Waals surface area (Å²) in [5.41, 5.74) is 1.68. The van der Waals surface area contributed by atoms with Crippen LogP contribution < -0.4 is 10.4 Å². The Bertz CT molecular complexity index is 1110. The molecule has 0 bridgehead atoms. The number of fused-ring (bicyclic) bond motifs is 2. The fraction of sp³-hybridized carbons (Fsp3) is 0.214. The van der Waals surface area contributed by atoms with Crippen molar-refractivity contribution in [3.63, 3.8) is 0 Å². The monoisotopic (exact) mass is 443 g/mol. The molecular formula is C28H29NO4. The molecule has 3 N–H and O–H groups in total. The predicted octanol–water partition coefficient (Wildman–Crippen LogP) is 2.94. The summed E-state index contributed by atoms with van der Waals surface area (Å²) in [6.45, 7) is 2.75. The van der Waals surface area contributed by atoms with Crippen LogP contribution in [0, 0.1) is 0 Å². The summed E-state index contributed by atoms with van der Waals surface area (Å²) in [7, 11) is 0. The molecule has 1 aliphatic heterocycles. The third kappa shape index (κ3) is 7.44. The normalized spacial score (nSPS) is 12.4. The van der Waals surface area contributed by atoms with Crippen LogP contribution in [-0.2, 0) is 22.4 Å². The second-order valence-corrected chi connectivity index (χ2v) is 7.97. The van der Waals surface area contributed by atoms with E-state index in [0.29, 0.717) is 0 Å². The summed E-state index contributed by atoms with van der Waals surface area (Å²) in [5, 5.41) is 25.7. The van der Waals surface area contributed by atoms with Crippen LogP contribution >= 0.6 is 0 Å². The number of nitrogens with two attached hydrogens (primary N) is 1. The summed E-state index contributed by atoms with van der Waals surface area (Å²) in [5.74, 6) is -1.83. The average Bonchev–Trinajstić information content (AvgIpc) is 3.40. The number of aliphatic carboxylic acids is 2. The van der Waals surface area contributed by atoms with Gasteiger partial charge in [-0.25, -0.2) is 0 Å². The minimum absolute atomic E-state index is 0.0264. The van der Waals surface area contributed by atoms with E-state index in [1.807, 2.05) is 84.9 Å². The quantitative estimate of drug-likeness (QED) is 0.507. The predicted molar refractivity (Wildman–Crippen MR) is 129 cm³/mol. The Morgan fingerprint density at radius 3 is 1.58 bits per heavy atom. The molecule has 1 aliphatic rings. The molecule has 0 aliphatic carbocycles. The van der Waals surface area contributed by atoms with E-state index >= 15 is 0 Å². The molecule has 5 rings (SSSR count). The minimum Gasteiger partial charge on any atom is -0.550 e. The molecule has 4 aromatic rings. The summed E-state index contributed by atoms with van der Waals surface area (Å²) in [4.78, 5) is 21.1. The zero-order chi connectivity index (χ0) is 23.5. The molecule has 5 heteroatoms. The topological polar surface area (TPSA) is 94.0 Å². The molecule has 1 heterocycles. The van der Waals surface area contributed by atoms with Gasteiger partial charge >= 0.3 is 5.97 Å². The number of rotatable bonds is 4. The fourth-order valence-electron chi connectivity index (χ4n) is 3.93. The van der Waals surface area contributed by atoms with E-state index in [9.17, 15) is 14.7 Å². The van der Waals surface area contributed by atoms with Gasteiger partial charge < -0.3 is 20.3 Å². The number of hydrogen-bond acceptors (Lipinski definition) is 3. The highest BCUT2D eigenvalue weighted by Crippen LogP contribution is 2.19. The van der Waals surface area contributed by atoms with Gasteiger partial charge in [0, 0.05) is 25.2 Å². The van der Waals surface area contributed by atoms with Crippen molar-refractivity contribution in [3.05, 3.63) is 96.1 Å². The van der Waals surface area contributed by atoms with Gasteiger partial charge in [0.2, 0.25) is 0 Å². The van der Waals surface area contributed by atoms with Gasteiger partial charge in [0.25, 0.3) is 0 Å². The van der Waals surface area contributed by atoms with Crippen molar-refractivity contribution < 1.29 is 25.1 Å². The maximum atomic E-state index is 10.6. The van der Waals surface area contributed by atoms with E-state index in [1.54, 1.807) is 0 Å². The molecule has 0 amide bonds. The molecule has 1 saturated heterocycles. The van der Waals surface area contributed by atoms with Crippen molar-refractivity contribution in [2.24, 2.45) is 0 Å². The number of carboxylic acid groups (broad SMARTS) is 2. The van der Waals surface area contributed by atoms with Gasteiger partial charge in [0.05, 0.1) is 19.5 Å². The summed E-state index contributed by atoms with van der Waals surface area (Å²) >= 11 is 0. The molecule has 33 heavy (non-hydrogen) atoms. The van der Waals surface area contributed by atoms with E-state index in [0.717, 1.165) is 32.7 Å². The Morgan fingerprint density at radius 1 is 0.697 bits per heavy atom. The van der Waals surface area contributed by atoms with Gasteiger partial charge in [0.15, 0.2) is 0 Å². The smallest absolute Gasteiger partial charge is 0.307 e. The van der Waals surface area contributed by atoms with Crippen molar-refractivity contribution in [2.45, 2.75) is 25.7 Å². The van der Waals surface area contributed by atoms with Gasteiger partial charge in [-0.2, -0.15) is 0 Å². The lowest BCUT2D eigenvalue weighted by atomic mass is 10.0. The van der Waals surface area contributed by atoms with Crippen molar-refractivity contribution in [1.82, 2.24) is 0 Å². The average molecular weight is 444 g/mol. The number of carboxylic acids is 2. The molecule has 4 aromatic carbocycles. The standard InChI is InChI=1S/2C12H10O2.C4H9N/c2*13-12(14)8-10-6-3-5-9-4-1-2-7-11(9)10;1-2-4-5-3-1/h2*1-7H,8H2,(H,13,14);5H,1-4H2. The molecule has 1 fully saturated rings. The largest absolute Gasteiger partial charge is 0.550 e. The first kappa shape index (κ1) is 24.0. The maximum Gasteiger partial charge on any atom is 0.307 e. The summed E-state index contributed by atoms with van der Waals surface area (Å²) < 4.78 is 0. The van der Waals surface area contributed by atoms with E-state index in [1.165, 1.54) is 25.9 Å². The third-order valence-electron chi connectivity index (χ3n) is 5.50. The zero-order valence-corrected chi connectivity index (χ0v) is 18.6. The Balaban J connectivity index is 0.000000154. The van der Waals surface area contributed by atoms with Gasteiger partial charge in [-0.05, 0) is 32.7 Å². The molecule has 0 aromatic heterocycles. The fourth-order valence-corrected chi connectivity index (χ4v) is 3.93. The Kier molecular flexibility index (Phi) is 8.98. The lowest BCUT2D eigenvalue weighted by Gasteiger charge is -2.06. The molecule has 0 atom stereocenters. The molecule has 5 nitrogen and oxygen atoms in total. The number of carbonyl (C=O) groups excluding carboxylic acids is 1.